The van der Waals surface area contributed by atoms with Gasteiger partial charge in [-0.15, -0.1) is 0 Å². The second-order valence-electron chi connectivity index (χ2n) is 9.63. The van der Waals surface area contributed by atoms with Crippen molar-refractivity contribution >= 4 is 29.1 Å². The molecule has 1 aliphatic rings. The van der Waals surface area contributed by atoms with Gasteiger partial charge in [-0.3, -0.25) is 14.4 Å². The van der Waals surface area contributed by atoms with E-state index in [0.29, 0.717) is 5.69 Å². The Morgan fingerprint density at radius 2 is 1.88 bits per heavy atom. The number of methoxy groups -OCH3 is 1. The molecule has 4 rings (SSSR count). The van der Waals surface area contributed by atoms with Crippen molar-refractivity contribution < 1.29 is 36.6 Å². The summed E-state index contributed by atoms with van der Waals surface area (Å²) >= 11 is 5.97. The topological polar surface area (TPSA) is 113 Å². The Hall–Kier alpha value is -3.74. The molecule has 0 radical (unpaired) electrons. The molecule has 3 atom stereocenters. The number of nitrogens with zero attached hydrogens (tertiary/aromatic N) is 1. The molecule has 0 bridgehead atoms. The number of anilines is 1. The number of alkyl halides is 3. The van der Waals surface area contributed by atoms with Crippen LogP contribution in [0.2, 0.25) is 5.02 Å². The van der Waals surface area contributed by atoms with Crippen LogP contribution in [-0.4, -0.2) is 41.9 Å². The Morgan fingerprint density at radius 1 is 1.20 bits per heavy atom. The molecule has 0 saturated heterocycles. The van der Waals surface area contributed by atoms with Crippen molar-refractivity contribution in [2.45, 2.75) is 50.8 Å². The normalized spacial score (nSPS) is 16.5. The number of aromatic nitrogens is 1. The number of halogens is 5. The van der Waals surface area contributed by atoms with Crippen LogP contribution in [0.5, 0.6) is 0 Å². The standard InChI is InChI=1S/C28H26ClF4N3O5/c1-14(40-2)9-21(27(39)35-18-6-3-15(4-7-18)26(34)38)36-12-17-13-41-22(28(31,32)33)10-16-5-8-20(29)25(30)24(16)19(17)11-23(36)37/h3-8,11-12,14,21-22H,9-10,13H2,1-2H3,(H2,34,38)(H,35,39)/t14-,21-,22-/m0/s1. The van der Waals surface area contributed by atoms with Gasteiger partial charge < -0.3 is 25.1 Å². The molecule has 0 fully saturated rings. The molecule has 3 aromatic rings. The zero-order chi connectivity index (χ0) is 30.1. The maximum absolute atomic E-state index is 15.3. The van der Waals surface area contributed by atoms with E-state index in [-0.39, 0.29) is 39.3 Å². The van der Waals surface area contributed by atoms with Gasteiger partial charge in [0.25, 0.3) is 5.56 Å². The summed E-state index contributed by atoms with van der Waals surface area (Å²) in [4.78, 5) is 38.2. The number of rotatable bonds is 7. The Kier molecular flexibility index (Phi) is 8.86. The van der Waals surface area contributed by atoms with Gasteiger partial charge in [0.05, 0.1) is 17.7 Å². The number of amides is 2. The summed E-state index contributed by atoms with van der Waals surface area (Å²) in [5.41, 5.74) is 4.86. The highest BCUT2D eigenvalue weighted by atomic mass is 35.5. The predicted molar refractivity (Wildman–Crippen MR) is 143 cm³/mol. The second kappa shape index (κ2) is 12.0. The van der Waals surface area contributed by atoms with Gasteiger partial charge in [-0.05, 0) is 48.4 Å². The van der Waals surface area contributed by atoms with Gasteiger partial charge in [-0.2, -0.15) is 13.2 Å². The highest BCUT2D eigenvalue weighted by Crippen LogP contribution is 2.39. The summed E-state index contributed by atoms with van der Waals surface area (Å²) in [7, 11) is 1.42. The summed E-state index contributed by atoms with van der Waals surface area (Å²) in [6, 6.07) is 8.01. The minimum absolute atomic E-state index is 0.00318. The Balaban J connectivity index is 1.81. The maximum Gasteiger partial charge on any atom is 0.414 e. The predicted octanol–water partition coefficient (Wildman–Crippen LogP) is 5.02. The van der Waals surface area contributed by atoms with E-state index in [1.165, 1.54) is 43.6 Å². The average Bonchev–Trinajstić information content (AvgIpc) is 2.90. The van der Waals surface area contributed by atoms with Crippen molar-refractivity contribution in [3.8, 4) is 11.1 Å². The molecule has 13 heteroatoms. The van der Waals surface area contributed by atoms with Gasteiger partial charge in [0.15, 0.2) is 6.10 Å². The lowest BCUT2D eigenvalue weighted by Crippen LogP contribution is -2.37. The molecule has 1 aromatic heterocycles. The second-order valence-corrected chi connectivity index (χ2v) is 10.0. The van der Waals surface area contributed by atoms with E-state index in [4.69, 9.17) is 26.8 Å². The fourth-order valence-electron chi connectivity index (χ4n) is 4.60. The quantitative estimate of drug-likeness (QED) is 0.373. The first-order chi connectivity index (χ1) is 19.3. The van der Waals surface area contributed by atoms with Crippen LogP contribution in [0.3, 0.4) is 0 Å². The van der Waals surface area contributed by atoms with Gasteiger partial charge in [-0.25, -0.2) is 4.39 Å². The van der Waals surface area contributed by atoms with Crippen LogP contribution in [0.25, 0.3) is 11.1 Å². The number of fused-ring (bicyclic) bond motifs is 3. The first-order valence-corrected chi connectivity index (χ1v) is 12.8. The lowest BCUT2D eigenvalue weighted by Gasteiger charge is -2.28. The summed E-state index contributed by atoms with van der Waals surface area (Å²) in [6.45, 7) is 1.05. The summed E-state index contributed by atoms with van der Waals surface area (Å²) < 4.78 is 68.1. The molecule has 2 amide bonds. The number of primary amides is 1. The fourth-order valence-corrected chi connectivity index (χ4v) is 4.75. The number of carbonyl (C=O) groups excluding carboxylic acids is 2. The number of hydrogen-bond acceptors (Lipinski definition) is 5. The van der Waals surface area contributed by atoms with Crippen LogP contribution < -0.4 is 16.6 Å². The highest BCUT2D eigenvalue weighted by Gasteiger charge is 2.42. The van der Waals surface area contributed by atoms with E-state index >= 15 is 4.39 Å². The molecular formula is C28H26ClF4N3O5. The van der Waals surface area contributed by atoms with Crippen molar-refractivity contribution in [1.82, 2.24) is 4.57 Å². The third-order valence-electron chi connectivity index (χ3n) is 6.86. The highest BCUT2D eigenvalue weighted by molar-refractivity contribution is 6.31. The van der Waals surface area contributed by atoms with Gasteiger partial charge >= 0.3 is 6.18 Å². The summed E-state index contributed by atoms with van der Waals surface area (Å²) in [6.07, 6.45) is -6.99. The molecule has 1 aliphatic heterocycles. The number of carbonyl (C=O) groups is 2. The third kappa shape index (κ3) is 6.61. The van der Waals surface area contributed by atoms with Gasteiger partial charge in [0.2, 0.25) is 11.8 Å². The molecule has 0 unspecified atom stereocenters. The van der Waals surface area contributed by atoms with Crippen molar-refractivity contribution in [2.24, 2.45) is 5.73 Å². The molecule has 0 aliphatic carbocycles. The Labute approximate surface area is 237 Å². The van der Waals surface area contributed by atoms with Gasteiger partial charge in [-0.1, -0.05) is 17.7 Å². The smallest absolute Gasteiger partial charge is 0.382 e. The number of nitrogens with two attached hydrogens (primary N) is 1. The van der Waals surface area contributed by atoms with Crippen molar-refractivity contribution in [3.63, 3.8) is 0 Å². The van der Waals surface area contributed by atoms with E-state index in [1.54, 1.807) is 6.92 Å². The van der Waals surface area contributed by atoms with Crippen LogP contribution >= 0.6 is 11.6 Å². The van der Waals surface area contributed by atoms with Crippen LogP contribution in [0.1, 0.15) is 40.9 Å². The zero-order valence-corrected chi connectivity index (χ0v) is 22.7. The summed E-state index contributed by atoms with van der Waals surface area (Å²) in [5.74, 6) is -2.26. The number of ether oxygens (including phenoxy) is 2. The van der Waals surface area contributed by atoms with Crippen LogP contribution in [0, 0.1) is 5.82 Å². The number of pyridine rings is 1. The number of hydrogen-bond donors (Lipinski definition) is 2. The molecule has 0 spiro atoms. The molecule has 2 heterocycles. The van der Waals surface area contributed by atoms with E-state index in [9.17, 15) is 27.6 Å². The van der Waals surface area contributed by atoms with Gasteiger partial charge in [0.1, 0.15) is 11.9 Å². The molecular weight excluding hydrogens is 570 g/mol. The maximum atomic E-state index is 15.3. The first kappa shape index (κ1) is 30.2. The first-order valence-electron chi connectivity index (χ1n) is 12.4. The Morgan fingerprint density at radius 3 is 2.49 bits per heavy atom. The van der Waals surface area contributed by atoms with Crippen molar-refractivity contribution in [3.05, 3.63) is 86.5 Å². The minimum atomic E-state index is -4.75. The Bertz CT molecular complexity index is 1520. The van der Waals surface area contributed by atoms with Gasteiger partial charge in [0, 0.05) is 54.6 Å². The lowest BCUT2D eigenvalue weighted by molar-refractivity contribution is -0.223. The third-order valence-corrected chi connectivity index (χ3v) is 7.15. The number of nitrogens with one attached hydrogen (secondary N) is 1. The monoisotopic (exact) mass is 595 g/mol. The molecule has 0 saturated carbocycles. The summed E-state index contributed by atoms with van der Waals surface area (Å²) in [5, 5.41) is 2.34. The molecule has 41 heavy (non-hydrogen) atoms. The average molecular weight is 596 g/mol. The molecule has 8 nitrogen and oxygen atoms in total. The SMILES string of the molecule is CO[C@@H](C)C[C@@H](C(=O)Nc1ccc(C(N)=O)cc1)n1cc2c(cc1=O)-c1c(ccc(Cl)c1F)C[C@@H](C(F)(F)F)OC2. The van der Waals surface area contributed by atoms with Crippen molar-refractivity contribution in [2.75, 3.05) is 12.4 Å². The molecule has 2 aromatic carbocycles. The van der Waals surface area contributed by atoms with Crippen LogP contribution in [0.4, 0.5) is 23.2 Å². The zero-order valence-electron chi connectivity index (χ0n) is 21.9. The lowest BCUT2D eigenvalue weighted by atomic mass is 9.91. The fraction of sp³-hybridized carbons (Fsp3) is 0.321. The largest absolute Gasteiger partial charge is 0.414 e. The van der Waals surface area contributed by atoms with Crippen LogP contribution in [-0.2, 0) is 27.3 Å². The molecule has 218 valence electrons. The van der Waals surface area contributed by atoms with Crippen molar-refractivity contribution in [1.29, 1.82) is 0 Å². The van der Waals surface area contributed by atoms with E-state index < -0.39 is 60.6 Å². The van der Waals surface area contributed by atoms with E-state index in [1.807, 2.05) is 0 Å². The molecule has 3 N–H and O–H groups in total. The van der Waals surface area contributed by atoms with E-state index in [2.05, 4.69) is 5.32 Å². The van der Waals surface area contributed by atoms with E-state index in [0.717, 1.165) is 16.7 Å². The number of benzene rings is 2. The minimum Gasteiger partial charge on any atom is -0.382 e. The van der Waals surface area contributed by atoms with Crippen LogP contribution in [0.15, 0.2) is 53.5 Å².